The molecule has 0 aliphatic rings. The van der Waals surface area contributed by atoms with Crippen LogP contribution in [0.3, 0.4) is 0 Å². The quantitative estimate of drug-likeness (QED) is 0.854. The van der Waals surface area contributed by atoms with Gasteiger partial charge in [-0.1, -0.05) is 26.8 Å². The Morgan fingerprint density at radius 3 is 2.69 bits per heavy atom. The van der Waals surface area contributed by atoms with Gasteiger partial charge in [-0.3, -0.25) is 9.19 Å². The molecule has 2 atom stereocenters. The number of rotatable bonds is 5. The van der Waals surface area contributed by atoms with Crippen molar-refractivity contribution in [1.82, 2.24) is 4.98 Å². The molecule has 1 heterocycles. The molecule has 0 amide bonds. The molecule has 0 aliphatic heterocycles. The molecule has 1 aromatic heterocycles. The third-order valence-corrected chi connectivity index (χ3v) is 4.80. The normalized spacial score (nSPS) is 15.1. The molecule has 0 saturated carbocycles. The van der Waals surface area contributed by atoms with Crippen LogP contribution in [0.2, 0.25) is 0 Å². The zero-order chi connectivity index (χ0) is 12.1. The summed E-state index contributed by atoms with van der Waals surface area (Å²) in [7, 11) is -0.853. The molecule has 2 N–H and O–H groups in total. The van der Waals surface area contributed by atoms with E-state index in [1.165, 1.54) is 0 Å². The van der Waals surface area contributed by atoms with Gasteiger partial charge in [0.05, 0.1) is 11.4 Å². The fourth-order valence-corrected chi connectivity index (χ4v) is 2.81. The SMILES string of the molecule is CC(C)C(C)S(=O)Cc1cccnc1CN. The Labute approximate surface area is 99.9 Å². The Morgan fingerprint density at radius 2 is 2.12 bits per heavy atom. The van der Waals surface area contributed by atoms with Crippen LogP contribution >= 0.6 is 0 Å². The minimum atomic E-state index is -0.853. The van der Waals surface area contributed by atoms with Gasteiger partial charge in [0.1, 0.15) is 0 Å². The molecule has 0 saturated heterocycles. The monoisotopic (exact) mass is 240 g/mol. The van der Waals surface area contributed by atoms with Crippen LogP contribution in [0.1, 0.15) is 32.0 Å². The molecule has 1 aromatic rings. The zero-order valence-electron chi connectivity index (χ0n) is 10.1. The van der Waals surface area contributed by atoms with Crippen molar-refractivity contribution in [2.75, 3.05) is 0 Å². The maximum atomic E-state index is 12.1. The van der Waals surface area contributed by atoms with E-state index >= 15 is 0 Å². The summed E-state index contributed by atoms with van der Waals surface area (Å²) in [6.45, 7) is 6.62. The van der Waals surface area contributed by atoms with E-state index in [1.807, 2.05) is 19.1 Å². The van der Waals surface area contributed by atoms with Crippen molar-refractivity contribution >= 4 is 10.8 Å². The predicted octanol–water partition coefficient (Wildman–Crippen LogP) is 1.83. The standard InChI is InChI=1S/C12H20N2OS/c1-9(2)10(3)16(15)8-11-5-4-6-14-12(11)7-13/h4-6,9-10H,7-8,13H2,1-3H3. The van der Waals surface area contributed by atoms with E-state index in [0.717, 1.165) is 11.3 Å². The van der Waals surface area contributed by atoms with Gasteiger partial charge in [-0.2, -0.15) is 0 Å². The summed E-state index contributed by atoms with van der Waals surface area (Å²) < 4.78 is 12.1. The number of hydrogen-bond acceptors (Lipinski definition) is 3. The van der Waals surface area contributed by atoms with Crippen LogP contribution in [0.25, 0.3) is 0 Å². The smallest absolute Gasteiger partial charge is 0.0580 e. The van der Waals surface area contributed by atoms with E-state index in [0.29, 0.717) is 18.2 Å². The molecule has 4 heteroatoms. The van der Waals surface area contributed by atoms with Crippen LogP contribution in [0, 0.1) is 5.92 Å². The minimum absolute atomic E-state index is 0.200. The Hall–Kier alpha value is -0.740. The lowest BCUT2D eigenvalue weighted by molar-refractivity contribution is 0.604. The molecule has 0 aliphatic carbocycles. The van der Waals surface area contributed by atoms with Gasteiger partial charge >= 0.3 is 0 Å². The van der Waals surface area contributed by atoms with Gasteiger partial charge in [0.2, 0.25) is 0 Å². The topological polar surface area (TPSA) is 56.0 Å². The lowest BCUT2D eigenvalue weighted by atomic mass is 10.2. The summed E-state index contributed by atoms with van der Waals surface area (Å²) in [5, 5.41) is 0.200. The highest BCUT2D eigenvalue weighted by Gasteiger charge is 2.16. The summed E-state index contributed by atoms with van der Waals surface area (Å²) in [4.78, 5) is 4.19. The van der Waals surface area contributed by atoms with Crippen molar-refractivity contribution in [3.05, 3.63) is 29.6 Å². The van der Waals surface area contributed by atoms with E-state index < -0.39 is 10.8 Å². The van der Waals surface area contributed by atoms with Crippen LogP contribution < -0.4 is 5.73 Å². The second kappa shape index (κ2) is 6.11. The van der Waals surface area contributed by atoms with Gasteiger partial charge in [0.25, 0.3) is 0 Å². The van der Waals surface area contributed by atoms with Gasteiger partial charge in [-0.05, 0) is 17.5 Å². The van der Waals surface area contributed by atoms with Crippen molar-refractivity contribution in [1.29, 1.82) is 0 Å². The number of pyridine rings is 1. The van der Waals surface area contributed by atoms with E-state index in [1.54, 1.807) is 6.20 Å². The van der Waals surface area contributed by atoms with Gasteiger partial charge < -0.3 is 5.73 Å². The molecule has 0 bridgehead atoms. The number of hydrogen-bond donors (Lipinski definition) is 1. The molecule has 2 unspecified atom stereocenters. The molecular weight excluding hydrogens is 220 g/mol. The average molecular weight is 240 g/mol. The first-order valence-corrected chi connectivity index (χ1v) is 6.94. The van der Waals surface area contributed by atoms with Crippen LogP contribution in [-0.4, -0.2) is 14.4 Å². The summed E-state index contributed by atoms with van der Waals surface area (Å²) >= 11 is 0. The maximum absolute atomic E-state index is 12.1. The maximum Gasteiger partial charge on any atom is 0.0580 e. The second-order valence-electron chi connectivity index (χ2n) is 4.29. The van der Waals surface area contributed by atoms with E-state index in [9.17, 15) is 4.21 Å². The highest BCUT2D eigenvalue weighted by atomic mass is 32.2. The summed E-state index contributed by atoms with van der Waals surface area (Å²) in [5.41, 5.74) is 7.46. The molecule has 0 radical (unpaired) electrons. The lowest BCUT2D eigenvalue weighted by Gasteiger charge is -2.15. The number of nitrogens with zero attached hydrogens (tertiary/aromatic N) is 1. The highest BCUT2D eigenvalue weighted by Crippen LogP contribution is 2.15. The first-order chi connectivity index (χ1) is 7.56. The van der Waals surface area contributed by atoms with Gasteiger partial charge in [0, 0.05) is 28.8 Å². The predicted molar refractivity (Wildman–Crippen MR) is 68.3 cm³/mol. The summed E-state index contributed by atoms with van der Waals surface area (Å²) in [5.74, 6) is 0.985. The molecule has 0 spiro atoms. The van der Waals surface area contributed by atoms with Crippen molar-refractivity contribution in [2.24, 2.45) is 11.7 Å². The van der Waals surface area contributed by atoms with Crippen LogP contribution in [-0.2, 0) is 23.1 Å². The third kappa shape index (κ3) is 3.39. The molecule has 1 rings (SSSR count). The average Bonchev–Trinajstić information content (AvgIpc) is 2.28. The summed E-state index contributed by atoms with van der Waals surface area (Å²) in [6.07, 6.45) is 1.72. The largest absolute Gasteiger partial charge is 0.325 e. The van der Waals surface area contributed by atoms with Gasteiger partial charge in [0.15, 0.2) is 0 Å². The zero-order valence-corrected chi connectivity index (χ0v) is 11.0. The summed E-state index contributed by atoms with van der Waals surface area (Å²) in [6, 6.07) is 3.83. The van der Waals surface area contributed by atoms with Crippen molar-refractivity contribution in [3.63, 3.8) is 0 Å². The first kappa shape index (κ1) is 13.3. The fourth-order valence-electron chi connectivity index (χ4n) is 1.37. The van der Waals surface area contributed by atoms with Crippen LogP contribution in [0.15, 0.2) is 18.3 Å². The van der Waals surface area contributed by atoms with E-state index in [-0.39, 0.29) is 5.25 Å². The third-order valence-electron chi connectivity index (χ3n) is 2.83. The van der Waals surface area contributed by atoms with E-state index in [2.05, 4.69) is 18.8 Å². The highest BCUT2D eigenvalue weighted by molar-refractivity contribution is 7.84. The van der Waals surface area contributed by atoms with Crippen molar-refractivity contribution in [2.45, 2.75) is 38.3 Å². The Bertz CT molecular complexity index is 366. The molecule has 16 heavy (non-hydrogen) atoms. The number of nitrogens with two attached hydrogens (primary N) is 1. The van der Waals surface area contributed by atoms with Crippen LogP contribution in [0.5, 0.6) is 0 Å². The van der Waals surface area contributed by atoms with E-state index in [4.69, 9.17) is 5.73 Å². The van der Waals surface area contributed by atoms with Crippen molar-refractivity contribution < 1.29 is 4.21 Å². The Balaban J connectivity index is 2.76. The molecular formula is C12H20N2OS. The number of aromatic nitrogens is 1. The van der Waals surface area contributed by atoms with Gasteiger partial charge in [-0.25, -0.2) is 0 Å². The van der Waals surface area contributed by atoms with Crippen molar-refractivity contribution in [3.8, 4) is 0 Å². The molecule has 3 nitrogen and oxygen atoms in total. The molecule has 0 aromatic carbocycles. The van der Waals surface area contributed by atoms with Crippen LogP contribution in [0.4, 0.5) is 0 Å². The second-order valence-corrected chi connectivity index (χ2v) is 6.08. The Kier molecular flexibility index (Phi) is 5.09. The minimum Gasteiger partial charge on any atom is -0.325 e. The molecule has 0 fully saturated rings. The fraction of sp³-hybridized carbons (Fsp3) is 0.583. The first-order valence-electron chi connectivity index (χ1n) is 5.56. The Morgan fingerprint density at radius 1 is 1.44 bits per heavy atom. The molecule has 90 valence electrons. The lowest BCUT2D eigenvalue weighted by Crippen LogP contribution is -2.20. The van der Waals surface area contributed by atoms with Gasteiger partial charge in [-0.15, -0.1) is 0 Å².